The van der Waals surface area contributed by atoms with Gasteiger partial charge >= 0.3 is 0 Å². The molecule has 0 radical (unpaired) electrons. The Bertz CT molecular complexity index is 589. The molecule has 1 unspecified atom stereocenters. The van der Waals surface area contributed by atoms with Crippen LogP contribution in [-0.4, -0.2) is 11.7 Å². The summed E-state index contributed by atoms with van der Waals surface area (Å²) >= 11 is 0. The van der Waals surface area contributed by atoms with Crippen LogP contribution < -0.4 is 5.32 Å². The van der Waals surface area contributed by atoms with Gasteiger partial charge in [0.15, 0.2) is 0 Å². The molecule has 0 amide bonds. The van der Waals surface area contributed by atoms with E-state index in [-0.39, 0.29) is 12.6 Å². The third kappa shape index (κ3) is 3.02. The summed E-state index contributed by atoms with van der Waals surface area (Å²) < 4.78 is 0. The average molecular weight is 267 g/mol. The van der Waals surface area contributed by atoms with Gasteiger partial charge in [0, 0.05) is 5.69 Å². The molecule has 20 heavy (non-hydrogen) atoms. The number of rotatable bonds is 5. The summed E-state index contributed by atoms with van der Waals surface area (Å²) in [5.41, 5.74) is 4.85. The number of benzene rings is 2. The van der Waals surface area contributed by atoms with Crippen molar-refractivity contribution in [1.82, 2.24) is 0 Å². The van der Waals surface area contributed by atoms with Gasteiger partial charge in [-0.05, 0) is 54.5 Å². The highest BCUT2D eigenvalue weighted by molar-refractivity contribution is 5.48. The van der Waals surface area contributed by atoms with Crippen LogP contribution in [0.15, 0.2) is 48.5 Å². The first-order valence-corrected chi connectivity index (χ1v) is 7.30. The van der Waals surface area contributed by atoms with Gasteiger partial charge in [0.25, 0.3) is 0 Å². The van der Waals surface area contributed by atoms with Crippen LogP contribution in [-0.2, 0) is 0 Å². The molecule has 0 aliphatic heterocycles. The van der Waals surface area contributed by atoms with E-state index < -0.39 is 0 Å². The molecule has 0 aromatic heterocycles. The smallest absolute Gasteiger partial charge is 0.0745 e. The van der Waals surface area contributed by atoms with Crippen molar-refractivity contribution in [3.63, 3.8) is 0 Å². The van der Waals surface area contributed by atoms with Gasteiger partial charge in [0.05, 0.1) is 12.6 Å². The summed E-state index contributed by atoms with van der Waals surface area (Å²) in [6, 6.07) is 16.8. The molecule has 2 nitrogen and oxygen atoms in total. The monoisotopic (exact) mass is 267 g/mol. The van der Waals surface area contributed by atoms with E-state index in [1.54, 1.807) is 0 Å². The van der Waals surface area contributed by atoms with Crippen LogP contribution in [0.2, 0.25) is 0 Å². The fourth-order valence-corrected chi connectivity index (χ4v) is 2.62. The lowest BCUT2D eigenvalue weighted by Gasteiger charge is -2.19. The Balaban J connectivity index is 1.80. The van der Waals surface area contributed by atoms with E-state index in [2.05, 4.69) is 48.6 Å². The minimum atomic E-state index is -0.0458. The van der Waals surface area contributed by atoms with Gasteiger partial charge in [-0.3, -0.25) is 0 Å². The quantitative estimate of drug-likeness (QED) is 0.857. The second-order valence-electron chi connectivity index (χ2n) is 5.69. The van der Waals surface area contributed by atoms with Gasteiger partial charge in [-0.1, -0.05) is 36.4 Å². The van der Waals surface area contributed by atoms with Gasteiger partial charge in [-0.25, -0.2) is 0 Å². The van der Waals surface area contributed by atoms with Crippen LogP contribution in [0.4, 0.5) is 5.69 Å². The molecule has 2 aromatic rings. The molecular weight excluding hydrogens is 246 g/mol. The maximum Gasteiger partial charge on any atom is 0.0745 e. The number of hydrogen-bond donors (Lipinski definition) is 2. The average Bonchev–Trinajstić information content (AvgIpc) is 3.29. The van der Waals surface area contributed by atoms with Gasteiger partial charge in [-0.2, -0.15) is 0 Å². The first-order valence-electron chi connectivity index (χ1n) is 7.30. The third-order valence-electron chi connectivity index (χ3n) is 3.90. The molecule has 0 spiro atoms. The second kappa shape index (κ2) is 5.68. The molecule has 1 saturated carbocycles. The summed E-state index contributed by atoms with van der Waals surface area (Å²) in [6.07, 6.45) is 2.61. The molecule has 104 valence electrons. The van der Waals surface area contributed by atoms with E-state index >= 15 is 0 Å². The summed E-state index contributed by atoms with van der Waals surface area (Å²) in [5.74, 6) is 0.744. The summed E-state index contributed by atoms with van der Waals surface area (Å²) in [5, 5.41) is 13.1. The largest absolute Gasteiger partial charge is 0.394 e. The molecule has 1 aliphatic rings. The van der Waals surface area contributed by atoms with Crippen molar-refractivity contribution in [3.8, 4) is 0 Å². The Morgan fingerprint density at radius 1 is 1.15 bits per heavy atom. The van der Waals surface area contributed by atoms with Crippen molar-refractivity contribution in [1.29, 1.82) is 0 Å². The van der Waals surface area contributed by atoms with Crippen LogP contribution in [0, 0.1) is 6.92 Å². The minimum Gasteiger partial charge on any atom is -0.394 e. The Morgan fingerprint density at radius 2 is 1.95 bits per heavy atom. The molecule has 0 heterocycles. The van der Waals surface area contributed by atoms with Crippen LogP contribution in [0.25, 0.3) is 0 Å². The first-order chi connectivity index (χ1) is 9.76. The topological polar surface area (TPSA) is 32.3 Å². The Kier molecular flexibility index (Phi) is 3.75. The van der Waals surface area contributed by atoms with Gasteiger partial charge < -0.3 is 10.4 Å². The number of aliphatic hydroxyl groups is 1. The van der Waals surface area contributed by atoms with Crippen molar-refractivity contribution in [3.05, 3.63) is 65.2 Å². The lowest BCUT2D eigenvalue weighted by molar-refractivity contribution is 0.276. The predicted octanol–water partition coefficient (Wildman–Crippen LogP) is 4.02. The van der Waals surface area contributed by atoms with E-state index in [1.165, 1.54) is 29.5 Å². The van der Waals surface area contributed by atoms with Crippen LogP contribution in [0.1, 0.15) is 41.5 Å². The fourth-order valence-electron chi connectivity index (χ4n) is 2.62. The number of anilines is 1. The van der Waals surface area contributed by atoms with E-state index in [1.807, 2.05) is 12.1 Å². The van der Waals surface area contributed by atoms with Crippen molar-refractivity contribution < 1.29 is 5.11 Å². The maximum absolute atomic E-state index is 9.69. The molecule has 1 fully saturated rings. The van der Waals surface area contributed by atoms with Crippen LogP contribution in [0.3, 0.4) is 0 Å². The number of aliphatic hydroxyl groups excluding tert-OH is 1. The van der Waals surface area contributed by atoms with E-state index in [4.69, 9.17) is 0 Å². The van der Waals surface area contributed by atoms with Crippen molar-refractivity contribution in [2.24, 2.45) is 0 Å². The fraction of sp³-hybridized carbons (Fsp3) is 0.333. The van der Waals surface area contributed by atoms with E-state index in [9.17, 15) is 5.11 Å². The number of hydrogen-bond acceptors (Lipinski definition) is 2. The molecule has 2 aromatic carbocycles. The molecule has 2 heteroatoms. The van der Waals surface area contributed by atoms with E-state index in [0.717, 1.165) is 11.6 Å². The number of aryl methyl sites for hydroxylation is 1. The summed E-state index contributed by atoms with van der Waals surface area (Å²) in [7, 11) is 0. The SMILES string of the molecule is Cc1cccc(NC(CO)c2cccc(C3CC3)c2)c1. The van der Waals surface area contributed by atoms with Crippen molar-refractivity contribution >= 4 is 5.69 Å². The lowest BCUT2D eigenvalue weighted by Crippen LogP contribution is -2.15. The Hall–Kier alpha value is -1.80. The molecular formula is C18H21NO. The molecule has 0 bridgehead atoms. The predicted molar refractivity (Wildman–Crippen MR) is 83.0 cm³/mol. The Labute approximate surface area is 120 Å². The normalized spacial score (nSPS) is 15.9. The highest BCUT2D eigenvalue weighted by Gasteiger charge is 2.24. The minimum absolute atomic E-state index is 0.0458. The summed E-state index contributed by atoms with van der Waals surface area (Å²) in [4.78, 5) is 0. The second-order valence-corrected chi connectivity index (χ2v) is 5.69. The molecule has 1 atom stereocenters. The zero-order valence-corrected chi connectivity index (χ0v) is 11.8. The van der Waals surface area contributed by atoms with E-state index in [0.29, 0.717) is 0 Å². The highest BCUT2D eigenvalue weighted by atomic mass is 16.3. The van der Waals surface area contributed by atoms with Crippen molar-refractivity contribution in [2.75, 3.05) is 11.9 Å². The lowest BCUT2D eigenvalue weighted by atomic mass is 10.0. The molecule has 1 aliphatic carbocycles. The molecule has 2 N–H and O–H groups in total. The van der Waals surface area contributed by atoms with Crippen LogP contribution >= 0.6 is 0 Å². The zero-order chi connectivity index (χ0) is 13.9. The van der Waals surface area contributed by atoms with Gasteiger partial charge in [0.1, 0.15) is 0 Å². The molecule has 3 rings (SSSR count). The summed E-state index contributed by atoms with van der Waals surface area (Å²) in [6.45, 7) is 2.18. The third-order valence-corrected chi connectivity index (χ3v) is 3.90. The maximum atomic E-state index is 9.69. The number of nitrogens with one attached hydrogen (secondary N) is 1. The van der Waals surface area contributed by atoms with Crippen molar-refractivity contribution in [2.45, 2.75) is 31.7 Å². The highest BCUT2D eigenvalue weighted by Crippen LogP contribution is 2.40. The van der Waals surface area contributed by atoms with Crippen LogP contribution in [0.5, 0.6) is 0 Å². The zero-order valence-electron chi connectivity index (χ0n) is 11.8. The standard InChI is InChI=1S/C18H21NO/c1-13-4-2-7-17(10-13)19-18(12-20)16-6-3-5-15(11-16)14-8-9-14/h2-7,10-11,14,18-20H,8-9,12H2,1H3. The Morgan fingerprint density at radius 3 is 2.65 bits per heavy atom. The van der Waals surface area contributed by atoms with Gasteiger partial charge in [0.2, 0.25) is 0 Å². The molecule has 0 saturated heterocycles. The van der Waals surface area contributed by atoms with Gasteiger partial charge in [-0.15, -0.1) is 0 Å². The first kappa shape index (κ1) is 13.2.